The third-order valence-corrected chi connectivity index (χ3v) is 18.6. The van der Waals surface area contributed by atoms with Gasteiger partial charge in [0.2, 0.25) is 0 Å². The van der Waals surface area contributed by atoms with Crippen LogP contribution in [0.15, 0.2) is 248 Å². The summed E-state index contributed by atoms with van der Waals surface area (Å²) in [5.41, 5.74) is 15.8. The highest BCUT2D eigenvalue weighted by molar-refractivity contribution is 7.19. The molecular weight excluding hydrogens is 799 g/mol. The molecule has 0 aliphatic heterocycles. The van der Waals surface area contributed by atoms with E-state index in [-0.39, 0.29) is 0 Å². The molecule has 0 radical (unpaired) electrons. The minimum absolute atomic E-state index is 1.04. The quantitative estimate of drug-likeness (QED) is 0.0978. The Morgan fingerprint density at radius 3 is 1.15 bits per heavy atom. The molecule has 0 spiro atoms. The normalized spacial score (nSPS) is 15.8. The molecule has 0 bridgehead atoms. The first-order chi connectivity index (χ1) is 32.2. The minimum atomic E-state index is -2.69. The van der Waals surface area contributed by atoms with Gasteiger partial charge in [-0.25, -0.2) is 0 Å². The number of hydrogen-bond donors (Lipinski definition) is 0. The van der Waals surface area contributed by atoms with Crippen LogP contribution in [-0.4, -0.2) is 8.07 Å². The summed E-state index contributed by atoms with van der Waals surface area (Å²) in [7, 11) is -2.69. The van der Waals surface area contributed by atoms with E-state index >= 15 is 0 Å². The van der Waals surface area contributed by atoms with Gasteiger partial charge in [-0.2, -0.15) is 0 Å². The molecule has 2 aliphatic rings. The molecule has 318 valence electrons. The number of benzene rings is 8. The molecule has 1 fully saturated rings. The maximum absolute atomic E-state index is 4.83. The van der Waals surface area contributed by atoms with Gasteiger partial charge in [-0.05, 0) is 159 Å². The average molecular weight is 856 g/mol. The molecule has 2 aliphatic carbocycles. The van der Waals surface area contributed by atoms with Crippen LogP contribution in [0.5, 0.6) is 0 Å². The fraction of sp³-hybridized carbons (Fsp3) is 0.143. The number of rotatable bonds is 10. The highest BCUT2D eigenvalue weighted by Crippen LogP contribution is 2.45. The van der Waals surface area contributed by atoms with Gasteiger partial charge in [-0.3, -0.25) is 0 Å². The summed E-state index contributed by atoms with van der Waals surface area (Å²) < 4.78 is 0. The molecule has 0 heterocycles. The topological polar surface area (TPSA) is 3.24 Å². The Kier molecular flexibility index (Phi) is 12.5. The minimum Gasteiger partial charge on any atom is -0.311 e. The van der Waals surface area contributed by atoms with Crippen molar-refractivity contribution in [1.82, 2.24) is 0 Å². The lowest BCUT2D eigenvalue weighted by molar-refractivity contribution is 0.662. The summed E-state index contributed by atoms with van der Waals surface area (Å²) in [6.45, 7) is 4.83. The van der Waals surface area contributed by atoms with Crippen molar-refractivity contribution in [2.75, 3.05) is 4.90 Å². The van der Waals surface area contributed by atoms with Crippen LogP contribution in [-0.2, 0) is 0 Å². The van der Waals surface area contributed by atoms with E-state index in [1.54, 1.807) is 11.1 Å². The van der Waals surface area contributed by atoms with Crippen molar-refractivity contribution in [1.29, 1.82) is 0 Å². The second-order valence-corrected chi connectivity index (χ2v) is 21.5. The predicted octanol–water partition coefficient (Wildman–Crippen LogP) is 14.5. The molecule has 0 saturated heterocycles. The van der Waals surface area contributed by atoms with Gasteiger partial charge in [0.25, 0.3) is 0 Å². The van der Waals surface area contributed by atoms with Crippen LogP contribution in [0, 0.1) is 0 Å². The molecule has 8 aromatic carbocycles. The van der Waals surface area contributed by atoms with Gasteiger partial charge in [0, 0.05) is 17.1 Å². The second-order valence-electron chi connectivity index (χ2n) is 17.7. The van der Waals surface area contributed by atoms with Crippen molar-refractivity contribution >= 4 is 57.0 Å². The largest absolute Gasteiger partial charge is 0.311 e. The lowest BCUT2D eigenvalue weighted by Gasteiger charge is -2.35. The average Bonchev–Trinajstić information content (AvgIpc) is 3.38. The van der Waals surface area contributed by atoms with E-state index < -0.39 is 8.07 Å². The Morgan fingerprint density at radius 1 is 0.292 bits per heavy atom. The van der Waals surface area contributed by atoms with Crippen LogP contribution in [0.3, 0.4) is 0 Å². The van der Waals surface area contributed by atoms with Crippen molar-refractivity contribution in [3.05, 3.63) is 259 Å². The van der Waals surface area contributed by atoms with Gasteiger partial charge in [0.05, 0.1) is 0 Å². The van der Waals surface area contributed by atoms with Gasteiger partial charge >= 0.3 is 0 Å². The fourth-order valence-corrected chi connectivity index (χ4v) is 15.5. The van der Waals surface area contributed by atoms with Gasteiger partial charge in [0.1, 0.15) is 0 Å². The fourth-order valence-electron chi connectivity index (χ4n) is 10.7. The molecule has 65 heavy (non-hydrogen) atoms. The summed E-state index contributed by atoms with van der Waals surface area (Å²) in [5, 5.41) is 5.48. The molecule has 1 saturated carbocycles. The summed E-state index contributed by atoms with van der Waals surface area (Å²) in [6.07, 6.45) is 10.5. The van der Waals surface area contributed by atoms with E-state index in [0.717, 1.165) is 42.7 Å². The maximum Gasteiger partial charge on any atom is 0.179 e. The molecular formula is C63H57NSi. The monoisotopic (exact) mass is 855 g/mol. The van der Waals surface area contributed by atoms with Crippen LogP contribution >= 0.6 is 0 Å². The standard InChI is InChI=1S/C63H57NSi/c1-48-22-8-2-19-33-60(51-25-11-4-12-26-51)61-34-20-21-35-62(61)63(48)52-38-42-54(43-39-52)64(53-40-36-50(37-41-53)49-23-9-3-10-24-49)55-44-46-59(47-45-55)65(56-27-13-5-14-28-56,57-29-15-6-16-30-57)58-31-17-7-18-32-58/h3-7,9-18,23-32,36-47H,1-2,8,19-22,33-35H2/b61-60+,63-62?. The van der Waals surface area contributed by atoms with E-state index in [4.69, 9.17) is 6.58 Å². The van der Waals surface area contributed by atoms with E-state index in [1.165, 1.54) is 91.8 Å². The highest BCUT2D eigenvalue weighted by Gasteiger charge is 2.41. The summed E-state index contributed by atoms with van der Waals surface area (Å²) in [5.74, 6) is 0. The first-order valence-corrected chi connectivity index (χ1v) is 25.7. The van der Waals surface area contributed by atoms with Crippen LogP contribution in [0.1, 0.15) is 68.9 Å². The molecule has 1 nitrogen and oxygen atoms in total. The van der Waals surface area contributed by atoms with Gasteiger partial charge in [-0.1, -0.05) is 201 Å². The molecule has 0 unspecified atom stereocenters. The van der Waals surface area contributed by atoms with E-state index in [9.17, 15) is 0 Å². The molecule has 8 aromatic rings. The summed E-state index contributed by atoms with van der Waals surface area (Å²) in [4.78, 5) is 2.43. The smallest absolute Gasteiger partial charge is 0.179 e. The Morgan fingerprint density at radius 2 is 0.646 bits per heavy atom. The predicted molar refractivity (Wildman–Crippen MR) is 281 cm³/mol. The first kappa shape index (κ1) is 42.0. The van der Waals surface area contributed by atoms with Crippen molar-refractivity contribution in [3.8, 4) is 11.1 Å². The maximum atomic E-state index is 4.83. The molecule has 10 rings (SSSR count). The lowest BCUT2D eigenvalue weighted by Crippen LogP contribution is -2.74. The second kappa shape index (κ2) is 19.4. The summed E-state index contributed by atoms with van der Waals surface area (Å²) in [6, 6.07) is 83.5. The number of hydrogen-bond acceptors (Lipinski definition) is 1. The Bertz CT molecular complexity index is 2800. The molecule has 0 amide bonds. The van der Waals surface area contributed by atoms with Crippen molar-refractivity contribution in [2.24, 2.45) is 0 Å². The number of fused-ring (bicyclic) bond motifs is 1. The van der Waals surface area contributed by atoms with Gasteiger partial charge in [0.15, 0.2) is 8.07 Å². The van der Waals surface area contributed by atoms with E-state index in [0.29, 0.717) is 0 Å². The molecule has 2 heteroatoms. The van der Waals surface area contributed by atoms with E-state index in [2.05, 4.69) is 229 Å². The van der Waals surface area contributed by atoms with Crippen LogP contribution in [0.25, 0.3) is 22.3 Å². The van der Waals surface area contributed by atoms with Gasteiger partial charge < -0.3 is 4.90 Å². The first-order valence-electron chi connectivity index (χ1n) is 23.7. The zero-order valence-corrected chi connectivity index (χ0v) is 38.4. The van der Waals surface area contributed by atoms with Crippen molar-refractivity contribution in [3.63, 3.8) is 0 Å². The third kappa shape index (κ3) is 8.55. The van der Waals surface area contributed by atoms with E-state index in [1.807, 2.05) is 0 Å². The highest BCUT2D eigenvalue weighted by atomic mass is 28.3. The zero-order chi connectivity index (χ0) is 43.8. The van der Waals surface area contributed by atoms with Crippen LogP contribution in [0.4, 0.5) is 17.1 Å². The molecule has 0 N–H and O–H groups in total. The number of anilines is 3. The van der Waals surface area contributed by atoms with Gasteiger partial charge in [-0.15, -0.1) is 0 Å². The van der Waals surface area contributed by atoms with Crippen LogP contribution in [0.2, 0.25) is 0 Å². The van der Waals surface area contributed by atoms with Crippen molar-refractivity contribution in [2.45, 2.75) is 57.8 Å². The molecule has 0 atom stereocenters. The molecule has 0 aromatic heterocycles. The number of nitrogens with zero attached hydrogens (tertiary/aromatic N) is 1. The summed E-state index contributed by atoms with van der Waals surface area (Å²) >= 11 is 0. The zero-order valence-electron chi connectivity index (χ0n) is 37.4. The Hall–Kier alpha value is -7.00. The number of allylic oxidation sites excluding steroid dienone is 5. The SMILES string of the molecule is C=C1CCCCC/C(c2ccccc2)=C2/CCCCC2=C1c1ccc(N(c2ccc(-c3ccccc3)cc2)c2ccc([Si](c3ccccc3)(c3ccccc3)c3ccccc3)cc2)cc1. The Labute approximate surface area is 387 Å². The third-order valence-electron chi connectivity index (χ3n) is 13.8. The Balaban J connectivity index is 1.10. The lowest BCUT2D eigenvalue weighted by atomic mass is 9.76. The van der Waals surface area contributed by atoms with Crippen molar-refractivity contribution < 1.29 is 0 Å². The van der Waals surface area contributed by atoms with Crippen LogP contribution < -0.4 is 25.6 Å².